The van der Waals surface area contributed by atoms with Crippen molar-refractivity contribution in [3.8, 4) is 0 Å². The molecule has 0 radical (unpaired) electrons. The number of hydrogen-bond acceptors (Lipinski definition) is 2. The van der Waals surface area contributed by atoms with Gasteiger partial charge in [0.25, 0.3) is 0 Å². The topological polar surface area (TPSA) is 43.8 Å². The summed E-state index contributed by atoms with van der Waals surface area (Å²) in [4.78, 5) is 0. The molecule has 1 aromatic rings. The average Bonchev–Trinajstić information content (AvgIpc) is 2.79. The quantitative estimate of drug-likeness (QED) is 0.777. The Kier molecular flexibility index (Phi) is 4.40. The lowest BCUT2D eigenvalue weighted by Crippen LogP contribution is -2.13. The lowest BCUT2D eigenvalue weighted by atomic mass is 9.96. The Morgan fingerprint density at radius 1 is 1.25 bits per heavy atom. The molecule has 0 unspecified atom stereocenters. The molecule has 2 rings (SSSR count). The molecule has 1 aliphatic rings. The highest BCUT2D eigenvalue weighted by Gasteiger charge is 2.15. The monoisotopic (exact) mass is 221 g/mol. The first-order valence-corrected chi connectivity index (χ1v) is 6.64. The molecule has 1 heterocycles. The molecule has 0 saturated heterocycles. The first-order valence-electron chi connectivity index (χ1n) is 6.64. The number of rotatable bonds is 5. The molecular formula is C13H23N3. The first-order chi connectivity index (χ1) is 7.90. The molecule has 90 valence electrons. The van der Waals surface area contributed by atoms with Crippen molar-refractivity contribution in [1.29, 1.82) is 0 Å². The van der Waals surface area contributed by atoms with Crippen molar-refractivity contribution >= 4 is 0 Å². The van der Waals surface area contributed by atoms with E-state index in [1.165, 1.54) is 37.8 Å². The third kappa shape index (κ3) is 3.08. The number of hydrogen-bond donors (Lipinski definition) is 1. The minimum Gasteiger partial charge on any atom is -0.330 e. The molecule has 0 bridgehead atoms. The molecule has 2 N–H and O–H groups in total. The fourth-order valence-corrected chi connectivity index (χ4v) is 2.51. The normalized spacial score (nSPS) is 17.8. The summed E-state index contributed by atoms with van der Waals surface area (Å²) in [7, 11) is 0. The summed E-state index contributed by atoms with van der Waals surface area (Å²) in [6, 6.07) is 2.84. The van der Waals surface area contributed by atoms with E-state index in [1.54, 1.807) is 0 Å². The maximum atomic E-state index is 5.49. The van der Waals surface area contributed by atoms with Crippen LogP contribution in [0.25, 0.3) is 0 Å². The van der Waals surface area contributed by atoms with Gasteiger partial charge in [0.15, 0.2) is 0 Å². The van der Waals surface area contributed by atoms with Crippen molar-refractivity contribution in [1.82, 2.24) is 9.78 Å². The van der Waals surface area contributed by atoms with E-state index in [4.69, 9.17) is 5.73 Å². The molecule has 0 amide bonds. The number of nitrogens with two attached hydrogens (primary N) is 1. The SMILES string of the molecule is NCCCCc1ccn(C2CCCCC2)n1. The van der Waals surface area contributed by atoms with Gasteiger partial charge in [-0.1, -0.05) is 19.3 Å². The molecule has 1 fully saturated rings. The van der Waals surface area contributed by atoms with Crippen LogP contribution in [-0.4, -0.2) is 16.3 Å². The van der Waals surface area contributed by atoms with E-state index in [-0.39, 0.29) is 0 Å². The number of aryl methyl sites for hydroxylation is 1. The average molecular weight is 221 g/mol. The summed E-state index contributed by atoms with van der Waals surface area (Å²) in [6.07, 6.45) is 12.3. The molecule has 1 aromatic heterocycles. The molecular weight excluding hydrogens is 198 g/mol. The fraction of sp³-hybridized carbons (Fsp3) is 0.769. The summed E-state index contributed by atoms with van der Waals surface area (Å²) >= 11 is 0. The Morgan fingerprint density at radius 3 is 2.81 bits per heavy atom. The molecule has 1 aliphatic carbocycles. The van der Waals surface area contributed by atoms with Crippen LogP contribution in [0.5, 0.6) is 0 Å². The fourth-order valence-electron chi connectivity index (χ4n) is 2.51. The number of nitrogens with zero attached hydrogens (tertiary/aromatic N) is 2. The van der Waals surface area contributed by atoms with Crippen molar-refractivity contribution in [2.24, 2.45) is 5.73 Å². The molecule has 16 heavy (non-hydrogen) atoms. The standard InChI is InChI=1S/C13H23N3/c14-10-5-4-6-12-9-11-16(15-12)13-7-2-1-3-8-13/h9,11,13H,1-8,10,14H2. The van der Waals surface area contributed by atoms with Crippen LogP contribution in [-0.2, 0) is 6.42 Å². The second kappa shape index (κ2) is 6.04. The Balaban J connectivity index is 1.85. The van der Waals surface area contributed by atoms with Crippen LogP contribution in [0, 0.1) is 0 Å². The lowest BCUT2D eigenvalue weighted by molar-refractivity contribution is 0.328. The molecule has 3 heteroatoms. The van der Waals surface area contributed by atoms with Crippen LogP contribution in [0.15, 0.2) is 12.3 Å². The second-order valence-corrected chi connectivity index (χ2v) is 4.82. The van der Waals surface area contributed by atoms with E-state index >= 15 is 0 Å². The summed E-state index contributed by atoms with van der Waals surface area (Å²) in [5.74, 6) is 0. The lowest BCUT2D eigenvalue weighted by Gasteiger charge is -2.21. The number of aromatic nitrogens is 2. The third-order valence-electron chi connectivity index (χ3n) is 3.50. The molecule has 3 nitrogen and oxygen atoms in total. The van der Waals surface area contributed by atoms with Crippen LogP contribution >= 0.6 is 0 Å². The van der Waals surface area contributed by atoms with Gasteiger partial charge in [-0.2, -0.15) is 5.10 Å². The Hall–Kier alpha value is -0.830. The molecule has 0 atom stereocenters. The van der Waals surface area contributed by atoms with Gasteiger partial charge in [0.2, 0.25) is 0 Å². The zero-order valence-corrected chi connectivity index (χ0v) is 10.1. The zero-order chi connectivity index (χ0) is 11.2. The minimum absolute atomic E-state index is 0.664. The summed E-state index contributed by atoms with van der Waals surface area (Å²) < 4.78 is 2.19. The Labute approximate surface area is 98.0 Å². The largest absolute Gasteiger partial charge is 0.330 e. The molecule has 0 aliphatic heterocycles. The van der Waals surface area contributed by atoms with Crippen LogP contribution in [0.1, 0.15) is 56.7 Å². The minimum atomic E-state index is 0.664. The van der Waals surface area contributed by atoms with E-state index in [0.717, 1.165) is 25.8 Å². The molecule has 0 spiro atoms. The van der Waals surface area contributed by atoms with Gasteiger partial charge in [0, 0.05) is 6.20 Å². The predicted octanol–water partition coefficient (Wildman–Crippen LogP) is 2.67. The smallest absolute Gasteiger partial charge is 0.0624 e. The highest BCUT2D eigenvalue weighted by molar-refractivity contribution is 5.00. The maximum absolute atomic E-state index is 5.49. The van der Waals surface area contributed by atoms with Gasteiger partial charge in [0.1, 0.15) is 0 Å². The van der Waals surface area contributed by atoms with Gasteiger partial charge in [-0.3, -0.25) is 4.68 Å². The molecule has 1 saturated carbocycles. The van der Waals surface area contributed by atoms with Gasteiger partial charge < -0.3 is 5.73 Å². The predicted molar refractivity (Wildman–Crippen MR) is 66.3 cm³/mol. The van der Waals surface area contributed by atoms with Gasteiger partial charge in [-0.25, -0.2) is 0 Å². The maximum Gasteiger partial charge on any atom is 0.0624 e. The van der Waals surface area contributed by atoms with E-state index in [2.05, 4.69) is 22.0 Å². The third-order valence-corrected chi connectivity index (χ3v) is 3.50. The van der Waals surface area contributed by atoms with Gasteiger partial charge >= 0.3 is 0 Å². The van der Waals surface area contributed by atoms with Gasteiger partial charge in [0.05, 0.1) is 11.7 Å². The Morgan fingerprint density at radius 2 is 2.06 bits per heavy atom. The Bertz CT molecular complexity index is 300. The highest BCUT2D eigenvalue weighted by atomic mass is 15.3. The van der Waals surface area contributed by atoms with Crippen molar-refractivity contribution in [2.75, 3.05) is 6.54 Å². The van der Waals surface area contributed by atoms with E-state index in [1.807, 2.05) is 0 Å². The summed E-state index contributed by atoms with van der Waals surface area (Å²) in [6.45, 7) is 0.795. The van der Waals surface area contributed by atoms with Gasteiger partial charge in [-0.15, -0.1) is 0 Å². The zero-order valence-electron chi connectivity index (χ0n) is 10.1. The van der Waals surface area contributed by atoms with E-state index in [9.17, 15) is 0 Å². The summed E-state index contributed by atoms with van der Waals surface area (Å²) in [5.41, 5.74) is 6.72. The molecule has 0 aromatic carbocycles. The number of unbranched alkanes of at least 4 members (excludes halogenated alkanes) is 1. The van der Waals surface area contributed by atoms with Crippen LogP contribution < -0.4 is 5.73 Å². The first kappa shape index (κ1) is 11.6. The van der Waals surface area contributed by atoms with Crippen molar-refractivity contribution in [2.45, 2.75) is 57.4 Å². The van der Waals surface area contributed by atoms with Crippen molar-refractivity contribution in [3.05, 3.63) is 18.0 Å². The van der Waals surface area contributed by atoms with Crippen molar-refractivity contribution < 1.29 is 0 Å². The van der Waals surface area contributed by atoms with Crippen LogP contribution in [0.4, 0.5) is 0 Å². The van der Waals surface area contributed by atoms with Crippen LogP contribution in [0.2, 0.25) is 0 Å². The second-order valence-electron chi connectivity index (χ2n) is 4.82. The highest BCUT2D eigenvalue weighted by Crippen LogP contribution is 2.27. The summed E-state index contributed by atoms with van der Waals surface area (Å²) in [5, 5.41) is 4.68. The van der Waals surface area contributed by atoms with E-state index < -0.39 is 0 Å². The van der Waals surface area contributed by atoms with Crippen molar-refractivity contribution in [3.63, 3.8) is 0 Å². The van der Waals surface area contributed by atoms with E-state index in [0.29, 0.717) is 6.04 Å². The van der Waals surface area contributed by atoms with Crippen LogP contribution in [0.3, 0.4) is 0 Å². The van der Waals surface area contributed by atoms with Gasteiger partial charge in [-0.05, 0) is 44.7 Å².